The van der Waals surface area contributed by atoms with E-state index in [2.05, 4.69) is 37.3 Å². The number of hydrogen-bond donors (Lipinski definition) is 0. The summed E-state index contributed by atoms with van der Waals surface area (Å²) < 4.78 is 0. The van der Waals surface area contributed by atoms with Crippen LogP contribution in [0.1, 0.15) is 5.56 Å². The van der Waals surface area contributed by atoms with Gasteiger partial charge in [-0.2, -0.15) is 0 Å². The minimum absolute atomic E-state index is 0.731. The second-order valence-electron chi connectivity index (χ2n) is 6.43. The Bertz CT molecular complexity index is 956. The first kappa shape index (κ1) is 21.9. The molecular formula is C25H20Cl3P. The van der Waals surface area contributed by atoms with Crippen LogP contribution in [0.25, 0.3) is 0 Å². The van der Waals surface area contributed by atoms with Gasteiger partial charge in [-0.3, -0.25) is 0 Å². The molecule has 0 atom stereocenters. The van der Waals surface area contributed by atoms with Gasteiger partial charge in [-0.15, -0.1) is 0 Å². The summed E-state index contributed by atoms with van der Waals surface area (Å²) in [5.41, 5.74) is 1.32. The fraction of sp³-hybridized carbons (Fsp3) is 0.0400. The molecule has 0 aromatic heterocycles. The largest absolute Gasteiger partial charge is 0.0843 e. The molecule has 4 rings (SSSR count). The minimum Gasteiger partial charge on any atom is -0.0843 e. The van der Waals surface area contributed by atoms with Crippen molar-refractivity contribution in [3.63, 3.8) is 0 Å². The summed E-state index contributed by atoms with van der Waals surface area (Å²) >= 11 is 18.6. The van der Waals surface area contributed by atoms with Crippen molar-refractivity contribution in [3.05, 3.63) is 124 Å². The van der Waals surface area contributed by atoms with Gasteiger partial charge in [-0.1, -0.05) is 107 Å². The van der Waals surface area contributed by atoms with Crippen LogP contribution in [0.15, 0.2) is 103 Å². The van der Waals surface area contributed by atoms with Gasteiger partial charge in [0.2, 0.25) is 0 Å². The molecule has 146 valence electrons. The summed E-state index contributed by atoms with van der Waals surface area (Å²) in [7, 11) is -0.748. The molecule has 0 nitrogen and oxygen atoms in total. The standard InChI is InChI=1S/C18H12Cl3P.C7H8/c19-13-4-1-7-16(10-13)22(17-8-2-5-14(20)11-17)18-9-3-6-15(21)12-18;1-7-5-3-2-4-6-7/h1-12H;2-6H,1H3. The van der Waals surface area contributed by atoms with Gasteiger partial charge in [0.05, 0.1) is 0 Å². The fourth-order valence-electron chi connectivity index (χ4n) is 2.83. The second kappa shape index (κ2) is 10.8. The van der Waals surface area contributed by atoms with Crippen LogP contribution < -0.4 is 15.9 Å². The molecule has 0 fully saturated rings. The van der Waals surface area contributed by atoms with Gasteiger partial charge in [0.25, 0.3) is 0 Å². The quantitative estimate of drug-likeness (QED) is 0.281. The van der Waals surface area contributed by atoms with E-state index in [4.69, 9.17) is 34.8 Å². The number of hydrogen-bond acceptors (Lipinski definition) is 0. The predicted octanol–water partition coefficient (Wildman–Crippen LogP) is 7.40. The molecule has 0 saturated heterocycles. The summed E-state index contributed by atoms with van der Waals surface area (Å²) in [6.07, 6.45) is 0. The molecule has 0 N–H and O–H groups in total. The van der Waals surface area contributed by atoms with E-state index in [1.54, 1.807) is 0 Å². The maximum atomic E-state index is 6.18. The molecule has 0 unspecified atom stereocenters. The maximum absolute atomic E-state index is 6.18. The lowest BCUT2D eigenvalue weighted by atomic mass is 10.2. The monoisotopic (exact) mass is 456 g/mol. The molecule has 4 aromatic carbocycles. The Morgan fingerprint density at radius 3 is 1.14 bits per heavy atom. The van der Waals surface area contributed by atoms with E-state index in [9.17, 15) is 0 Å². The highest BCUT2D eigenvalue weighted by Gasteiger charge is 2.17. The zero-order valence-electron chi connectivity index (χ0n) is 15.9. The lowest BCUT2D eigenvalue weighted by molar-refractivity contribution is 1.48. The average molecular weight is 458 g/mol. The first-order chi connectivity index (χ1) is 14.0. The van der Waals surface area contributed by atoms with Crippen LogP contribution in [0.3, 0.4) is 0 Å². The van der Waals surface area contributed by atoms with Crippen LogP contribution >= 0.6 is 42.7 Å². The molecule has 0 amide bonds. The van der Waals surface area contributed by atoms with Crippen LogP contribution in [-0.4, -0.2) is 0 Å². The summed E-state index contributed by atoms with van der Waals surface area (Å²) in [5, 5.41) is 5.71. The highest BCUT2D eigenvalue weighted by Crippen LogP contribution is 2.34. The Labute approximate surface area is 188 Å². The van der Waals surface area contributed by atoms with E-state index in [-0.39, 0.29) is 0 Å². The van der Waals surface area contributed by atoms with E-state index >= 15 is 0 Å². The summed E-state index contributed by atoms with van der Waals surface area (Å²) in [5.74, 6) is 0. The summed E-state index contributed by atoms with van der Waals surface area (Å²) in [6.45, 7) is 2.08. The maximum Gasteiger partial charge on any atom is 0.0412 e. The van der Waals surface area contributed by atoms with Gasteiger partial charge in [0, 0.05) is 15.1 Å². The van der Waals surface area contributed by atoms with E-state index < -0.39 is 7.92 Å². The summed E-state index contributed by atoms with van der Waals surface area (Å²) in [6, 6.07) is 34.2. The van der Waals surface area contributed by atoms with Crippen molar-refractivity contribution in [2.45, 2.75) is 6.92 Å². The third-order valence-electron chi connectivity index (χ3n) is 4.14. The number of rotatable bonds is 3. The van der Waals surface area contributed by atoms with Crippen LogP contribution in [0.2, 0.25) is 15.1 Å². The second-order valence-corrected chi connectivity index (χ2v) is 9.96. The Morgan fingerprint density at radius 1 is 0.483 bits per heavy atom. The van der Waals surface area contributed by atoms with Crippen LogP contribution in [0.5, 0.6) is 0 Å². The molecule has 0 aliphatic carbocycles. The molecule has 4 aromatic rings. The Kier molecular flexibility index (Phi) is 8.16. The molecule has 0 saturated carbocycles. The van der Waals surface area contributed by atoms with Gasteiger partial charge in [-0.05, 0) is 67.2 Å². The smallest absolute Gasteiger partial charge is 0.0412 e. The van der Waals surface area contributed by atoms with Crippen molar-refractivity contribution in [3.8, 4) is 0 Å². The van der Waals surface area contributed by atoms with Gasteiger partial charge in [0.1, 0.15) is 0 Å². The molecule has 0 spiro atoms. The van der Waals surface area contributed by atoms with Crippen molar-refractivity contribution >= 4 is 58.6 Å². The molecule has 0 aliphatic rings. The van der Waals surface area contributed by atoms with E-state index in [0.717, 1.165) is 15.1 Å². The fourth-order valence-corrected chi connectivity index (χ4v) is 6.03. The topological polar surface area (TPSA) is 0 Å². The van der Waals surface area contributed by atoms with Crippen molar-refractivity contribution in [2.24, 2.45) is 0 Å². The number of halogens is 3. The van der Waals surface area contributed by atoms with Crippen LogP contribution in [-0.2, 0) is 0 Å². The molecule has 0 radical (unpaired) electrons. The van der Waals surface area contributed by atoms with Crippen molar-refractivity contribution in [1.29, 1.82) is 0 Å². The van der Waals surface area contributed by atoms with E-state index in [0.29, 0.717) is 0 Å². The molecule has 4 heteroatoms. The van der Waals surface area contributed by atoms with Gasteiger partial charge >= 0.3 is 0 Å². The molecule has 0 bridgehead atoms. The normalized spacial score (nSPS) is 10.4. The third-order valence-corrected chi connectivity index (χ3v) is 7.23. The van der Waals surface area contributed by atoms with Gasteiger partial charge in [0.15, 0.2) is 0 Å². The van der Waals surface area contributed by atoms with Crippen molar-refractivity contribution in [1.82, 2.24) is 0 Å². The third kappa shape index (κ3) is 6.59. The van der Waals surface area contributed by atoms with Crippen molar-refractivity contribution in [2.75, 3.05) is 0 Å². The molecule has 0 aliphatic heterocycles. The molecular weight excluding hydrogens is 438 g/mol. The molecule has 0 heterocycles. The Balaban J connectivity index is 0.000000290. The predicted molar refractivity (Wildman–Crippen MR) is 131 cm³/mol. The van der Waals surface area contributed by atoms with Crippen LogP contribution in [0, 0.1) is 6.92 Å². The number of aryl methyl sites for hydroxylation is 1. The van der Waals surface area contributed by atoms with Gasteiger partial charge in [-0.25, -0.2) is 0 Å². The minimum atomic E-state index is -0.748. The summed E-state index contributed by atoms with van der Waals surface area (Å²) in [4.78, 5) is 0. The molecule has 29 heavy (non-hydrogen) atoms. The highest BCUT2D eigenvalue weighted by molar-refractivity contribution is 7.79. The lowest BCUT2D eigenvalue weighted by Crippen LogP contribution is -2.20. The Morgan fingerprint density at radius 2 is 0.862 bits per heavy atom. The Hall–Kier alpha value is -1.82. The van der Waals surface area contributed by atoms with E-state index in [1.807, 2.05) is 72.8 Å². The SMILES string of the molecule is Cc1ccccc1.Clc1cccc(P(c2cccc(Cl)c2)c2cccc(Cl)c2)c1. The van der Waals surface area contributed by atoms with Gasteiger partial charge < -0.3 is 0 Å². The first-order valence-electron chi connectivity index (χ1n) is 9.11. The zero-order chi connectivity index (χ0) is 20.6. The lowest BCUT2D eigenvalue weighted by Gasteiger charge is -2.20. The first-order valence-corrected chi connectivity index (χ1v) is 11.6. The van der Waals surface area contributed by atoms with Crippen molar-refractivity contribution < 1.29 is 0 Å². The zero-order valence-corrected chi connectivity index (χ0v) is 19.1. The highest BCUT2D eigenvalue weighted by atomic mass is 35.5. The average Bonchev–Trinajstić information content (AvgIpc) is 2.70. The van der Waals surface area contributed by atoms with E-state index in [1.165, 1.54) is 21.5 Å². The van der Waals surface area contributed by atoms with Crippen LogP contribution in [0.4, 0.5) is 0 Å². The number of benzene rings is 4.